The van der Waals surface area contributed by atoms with Crippen molar-refractivity contribution in [2.45, 2.75) is 19.4 Å². The monoisotopic (exact) mass is 235 g/mol. The Kier molecular flexibility index (Phi) is 4.43. The highest BCUT2D eigenvalue weighted by Crippen LogP contribution is 2.23. The fourth-order valence-electron chi connectivity index (χ4n) is 1.42. The summed E-state index contributed by atoms with van der Waals surface area (Å²) in [7, 11) is 0. The highest BCUT2D eigenvalue weighted by molar-refractivity contribution is 5.59. The van der Waals surface area contributed by atoms with E-state index >= 15 is 0 Å². The highest BCUT2D eigenvalue weighted by Gasteiger charge is 2.14. The molecule has 90 valence electrons. The van der Waals surface area contributed by atoms with Gasteiger partial charge in [0.05, 0.1) is 4.92 Å². The minimum Gasteiger partial charge on any atom is -0.396 e. The van der Waals surface area contributed by atoms with Gasteiger partial charge < -0.3 is 10.4 Å². The summed E-state index contributed by atoms with van der Waals surface area (Å²) < 4.78 is 0. The van der Waals surface area contributed by atoms with Crippen LogP contribution in [0.2, 0.25) is 0 Å². The first kappa shape index (κ1) is 12.9. The smallest absolute Gasteiger partial charge is 0.289 e. The Morgan fingerprint density at radius 3 is 2.88 bits per heavy atom. The first-order chi connectivity index (χ1) is 8.08. The molecule has 17 heavy (non-hydrogen) atoms. The number of aliphatic hydroxyl groups excluding tert-OH is 1. The van der Waals surface area contributed by atoms with Crippen LogP contribution in [-0.4, -0.2) is 22.7 Å². The molecule has 0 fully saturated rings. The molecule has 0 bridgehead atoms. The van der Waals surface area contributed by atoms with E-state index in [0.29, 0.717) is 12.1 Å². The van der Waals surface area contributed by atoms with Crippen molar-refractivity contribution < 1.29 is 10.0 Å². The Balaban J connectivity index is 2.93. The number of aliphatic hydroxyl groups is 1. The third-order valence-corrected chi connectivity index (χ3v) is 2.29. The van der Waals surface area contributed by atoms with Gasteiger partial charge in [-0.05, 0) is 25.5 Å². The second-order valence-electron chi connectivity index (χ2n) is 3.66. The number of nitrogens with one attached hydrogen (secondary N) is 1. The number of hydrogen-bond acceptors (Lipinski definition) is 5. The molecule has 0 aliphatic heterocycles. The van der Waals surface area contributed by atoms with E-state index in [1.165, 1.54) is 12.1 Å². The number of anilines is 1. The van der Waals surface area contributed by atoms with Gasteiger partial charge in [-0.1, -0.05) is 0 Å². The van der Waals surface area contributed by atoms with Crippen LogP contribution in [0.4, 0.5) is 11.4 Å². The average Bonchev–Trinajstić information content (AvgIpc) is 2.29. The van der Waals surface area contributed by atoms with Crippen LogP contribution in [0.1, 0.15) is 18.9 Å². The standard InChI is InChI=1S/C11H13N3O3/c1-8(4-5-15)13-10-3-2-9(7-12)11(6-10)14(16)17/h2-3,6,8,13,15H,4-5H2,1H3. The first-order valence-electron chi connectivity index (χ1n) is 5.14. The minimum absolute atomic E-state index is 0.00698. The molecule has 0 spiro atoms. The molecule has 2 N–H and O–H groups in total. The van der Waals surface area contributed by atoms with Gasteiger partial charge in [-0.15, -0.1) is 0 Å². The van der Waals surface area contributed by atoms with Crippen LogP contribution in [0.15, 0.2) is 18.2 Å². The number of nitro benzene ring substituents is 1. The summed E-state index contributed by atoms with van der Waals surface area (Å²) in [6.45, 7) is 1.91. The lowest BCUT2D eigenvalue weighted by molar-refractivity contribution is -0.385. The zero-order valence-electron chi connectivity index (χ0n) is 9.38. The topological polar surface area (TPSA) is 99.2 Å². The second kappa shape index (κ2) is 5.82. The predicted molar refractivity (Wildman–Crippen MR) is 62.6 cm³/mol. The van der Waals surface area contributed by atoms with Crippen LogP contribution in [-0.2, 0) is 0 Å². The van der Waals surface area contributed by atoms with Crippen molar-refractivity contribution in [2.24, 2.45) is 0 Å². The van der Waals surface area contributed by atoms with Gasteiger partial charge in [-0.25, -0.2) is 0 Å². The van der Waals surface area contributed by atoms with Crippen LogP contribution in [0.5, 0.6) is 0 Å². The largest absolute Gasteiger partial charge is 0.396 e. The molecule has 0 heterocycles. The molecular weight excluding hydrogens is 222 g/mol. The SMILES string of the molecule is CC(CCO)Nc1ccc(C#N)c([N+](=O)[O-])c1. The number of nitrogens with zero attached hydrogens (tertiary/aromatic N) is 2. The van der Waals surface area contributed by atoms with Gasteiger partial charge in [0.1, 0.15) is 11.6 Å². The van der Waals surface area contributed by atoms with Gasteiger partial charge in [-0.3, -0.25) is 10.1 Å². The average molecular weight is 235 g/mol. The summed E-state index contributed by atoms with van der Waals surface area (Å²) in [5.74, 6) is 0. The summed E-state index contributed by atoms with van der Waals surface area (Å²) in [4.78, 5) is 10.1. The van der Waals surface area contributed by atoms with E-state index in [9.17, 15) is 10.1 Å². The Bertz CT molecular complexity index is 454. The number of benzene rings is 1. The van der Waals surface area contributed by atoms with E-state index in [4.69, 9.17) is 10.4 Å². The molecule has 6 nitrogen and oxygen atoms in total. The lowest BCUT2D eigenvalue weighted by Gasteiger charge is -2.13. The molecule has 0 radical (unpaired) electrons. The number of nitro groups is 1. The summed E-state index contributed by atoms with van der Waals surface area (Å²) in [6.07, 6.45) is 0.549. The second-order valence-corrected chi connectivity index (χ2v) is 3.66. The zero-order valence-corrected chi connectivity index (χ0v) is 9.38. The molecule has 1 aromatic carbocycles. The molecule has 1 rings (SSSR count). The normalized spacial score (nSPS) is 11.6. The third-order valence-electron chi connectivity index (χ3n) is 2.29. The Morgan fingerprint density at radius 1 is 1.65 bits per heavy atom. The molecule has 0 amide bonds. The maximum atomic E-state index is 10.7. The van der Waals surface area contributed by atoms with Crippen molar-refractivity contribution in [1.82, 2.24) is 0 Å². The van der Waals surface area contributed by atoms with Crippen LogP contribution >= 0.6 is 0 Å². The van der Waals surface area contributed by atoms with Crippen LogP contribution in [0.25, 0.3) is 0 Å². The van der Waals surface area contributed by atoms with Gasteiger partial charge >= 0.3 is 0 Å². The molecule has 0 aromatic heterocycles. The van der Waals surface area contributed by atoms with Crippen LogP contribution in [0, 0.1) is 21.4 Å². The van der Waals surface area contributed by atoms with Gasteiger partial charge in [0, 0.05) is 24.4 Å². The van der Waals surface area contributed by atoms with Crippen molar-refractivity contribution in [3.05, 3.63) is 33.9 Å². The summed E-state index contributed by atoms with van der Waals surface area (Å²) in [5, 5.41) is 31.2. The highest BCUT2D eigenvalue weighted by atomic mass is 16.6. The Hall–Kier alpha value is -2.13. The van der Waals surface area contributed by atoms with Crippen LogP contribution < -0.4 is 5.32 Å². The van der Waals surface area contributed by atoms with Crippen molar-refractivity contribution in [3.8, 4) is 6.07 Å². The summed E-state index contributed by atoms with van der Waals surface area (Å²) in [6, 6.07) is 6.13. The van der Waals surface area contributed by atoms with E-state index in [2.05, 4.69) is 5.32 Å². The van der Waals surface area contributed by atoms with E-state index in [0.717, 1.165) is 0 Å². The van der Waals surface area contributed by atoms with Gasteiger partial charge in [0.15, 0.2) is 0 Å². The first-order valence-corrected chi connectivity index (χ1v) is 5.14. The van der Waals surface area contributed by atoms with E-state index in [-0.39, 0.29) is 23.9 Å². The Morgan fingerprint density at radius 2 is 2.35 bits per heavy atom. The molecule has 0 saturated carbocycles. The summed E-state index contributed by atoms with van der Waals surface area (Å²) in [5.41, 5.74) is 0.390. The fourth-order valence-corrected chi connectivity index (χ4v) is 1.42. The molecule has 0 aliphatic carbocycles. The van der Waals surface area contributed by atoms with Crippen molar-refractivity contribution in [3.63, 3.8) is 0 Å². The maximum absolute atomic E-state index is 10.7. The van der Waals surface area contributed by atoms with E-state index < -0.39 is 4.92 Å². The van der Waals surface area contributed by atoms with Gasteiger partial charge in [-0.2, -0.15) is 5.26 Å². The number of nitriles is 1. The molecular formula is C11H13N3O3. The third kappa shape index (κ3) is 3.43. The Labute approximate surface area is 98.6 Å². The molecule has 1 atom stereocenters. The number of hydrogen-bond donors (Lipinski definition) is 2. The van der Waals surface area contributed by atoms with Crippen molar-refractivity contribution in [2.75, 3.05) is 11.9 Å². The molecule has 6 heteroatoms. The van der Waals surface area contributed by atoms with Gasteiger partial charge in [0.2, 0.25) is 0 Å². The van der Waals surface area contributed by atoms with Gasteiger partial charge in [0.25, 0.3) is 5.69 Å². The van der Waals surface area contributed by atoms with Crippen molar-refractivity contribution in [1.29, 1.82) is 5.26 Å². The molecule has 0 aliphatic rings. The lowest BCUT2D eigenvalue weighted by Crippen LogP contribution is -2.16. The maximum Gasteiger partial charge on any atom is 0.289 e. The van der Waals surface area contributed by atoms with Crippen LogP contribution in [0.3, 0.4) is 0 Å². The minimum atomic E-state index is -0.583. The quantitative estimate of drug-likeness (QED) is 0.597. The molecule has 1 aromatic rings. The molecule has 1 unspecified atom stereocenters. The predicted octanol–water partition coefficient (Wildman–Crippen LogP) is 1.65. The molecule has 0 saturated heterocycles. The van der Waals surface area contributed by atoms with E-state index in [1.54, 1.807) is 12.1 Å². The zero-order chi connectivity index (χ0) is 12.8. The van der Waals surface area contributed by atoms with E-state index in [1.807, 2.05) is 6.92 Å². The lowest BCUT2D eigenvalue weighted by atomic mass is 10.1. The summed E-state index contributed by atoms with van der Waals surface area (Å²) >= 11 is 0. The number of rotatable bonds is 5. The van der Waals surface area contributed by atoms with Crippen molar-refractivity contribution >= 4 is 11.4 Å². The fraction of sp³-hybridized carbons (Fsp3) is 0.364.